The topological polar surface area (TPSA) is 78.5 Å². The Balaban J connectivity index is 1.58. The molecule has 24 heavy (non-hydrogen) atoms. The van der Waals surface area contributed by atoms with Gasteiger partial charge in [-0.1, -0.05) is 36.4 Å². The van der Waals surface area contributed by atoms with E-state index in [1.807, 2.05) is 42.5 Å². The van der Waals surface area contributed by atoms with Crippen molar-refractivity contribution in [3.8, 4) is 0 Å². The van der Waals surface area contributed by atoms with Crippen LogP contribution in [0.1, 0.15) is 6.42 Å². The van der Waals surface area contributed by atoms with Crippen molar-refractivity contribution in [1.82, 2.24) is 10.2 Å². The van der Waals surface area contributed by atoms with Crippen LogP contribution in [0.25, 0.3) is 10.8 Å². The molecule has 1 atom stereocenters. The standard InChI is InChI=1S/C18H19N3O3/c1-21-11-13(9-17(21)23)18(24)19-10-16(22)20-15-8-4-6-12-5-2-3-7-14(12)15/h2-8,13H,9-11H2,1H3,(H,19,24)(H,20,22)/t13-/m0/s1. The van der Waals surface area contributed by atoms with E-state index in [-0.39, 0.29) is 36.6 Å². The second-order valence-corrected chi connectivity index (χ2v) is 5.97. The van der Waals surface area contributed by atoms with Gasteiger partial charge in [-0.05, 0) is 11.5 Å². The average molecular weight is 325 g/mol. The van der Waals surface area contributed by atoms with Crippen molar-refractivity contribution in [2.75, 3.05) is 25.5 Å². The number of benzene rings is 2. The number of carbonyl (C=O) groups excluding carboxylic acids is 3. The molecule has 0 unspecified atom stereocenters. The molecule has 0 aromatic heterocycles. The molecule has 2 N–H and O–H groups in total. The number of nitrogens with one attached hydrogen (secondary N) is 2. The monoisotopic (exact) mass is 325 g/mol. The lowest BCUT2D eigenvalue weighted by Crippen LogP contribution is -2.37. The van der Waals surface area contributed by atoms with Crippen LogP contribution in [0.4, 0.5) is 5.69 Å². The molecular formula is C18H19N3O3. The highest BCUT2D eigenvalue weighted by molar-refractivity contribution is 6.03. The third-order valence-electron chi connectivity index (χ3n) is 4.20. The van der Waals surface area contributed by atoms with E-state index in [0.29, 0.717) is 12.2 Å². The van der Waals surface area contributed by atoms with Crippen LogP contribution in [0.5, 0.6) is 0 Å². The van der Waals surface area contributed by atoms with Crippen LogP contribution in [-0.4, -0.2) is 42.8 Å². The Hall–Kier alpha value is -2.89. The minimum Gasteiger partial charge on any atom is -0.347 e. The smallest absolute Gasteiger partial charge is 0.243 e. The van der Waals surface area contributed by atoms with Gasteiger partial charge in [0.2, 0.25) is 17.7 Å². The Labute approximate surface area is 139 Å². The number of nitrogens with zero attached hydrogens (tertiary/aromatic N) is 1. The largest absolute Gasteiger partial charge is 0.347 e. The Morgan fingerprint density at radius 3 is 2.67 bits per heavy atom. The molecule has 3 rings (SSSR count). The zero-order chi connectivity index (χ0) is 17.1. The minimum absolute atomic E-state index is 0.0460. The molecule has 1 aliphatic rings. The average Bonchev–Trinajstić information content (AvgIpc) is 2.92. The van der Waals surface area contributed by atoms with Crippen molar-refractivity contribution in [2.24, 2.45) is 5.92 Å². The SMILES string of the molecule is CN1C[C@@H](C(=O)NCC(=O)Nc2cccc3ccccc23)CC1=O. The van der Waals surface area contributed by atoms with Crippen LogP contribution in [0.3, 0.4) is 0 Å². The van der Waals surface area contributed by atoms with Gasteiger partial charge in [0.15, 0.2) is 0 Å². The van der Waals surface area contributed by atoms with E-state index in [1.54, 1.807) is 7.05 Å². The number of amides is 3. The molecule has 1 heterocycles. The van der Waals surface area contributed by atoms with E-state index in [2.05, 4.69) is 10.6 Å². The van der Waals surface area contributed by atoms with E-state index in [9.17, 15) is 14.4 Å². The number of anilines is 1. The predicted molar refractivity (Wildman–Crippen MR) is 91.3 cm³/mol. The second-order valence-electron chi connectivity index (χ2n) is 5.97. The molecule has 0 saturated carbocycles. The molecular weight excluding hydrogens is 306 g/mol. The number of carbonyl (C=O) groups is 3. The highest BCUT2D eigenvalue weighted by Crippen LogP contribution is 2.22. The van der Waals surface area contributed by atoms with Crippen molar-refractivity contribution in [2.45, 2.75) is 6.42 Å². The highest BCUT2D eigenvalue weighted by atomic mass is 16.2. The maximum atomic E-state index is 12.1. The molecule has 1 aliphatic heterocycles. The minimum atomic E-state index is -0.382. The van der Waals surface area contributed by atoms with Gasteiger partial charge in [-0.2, -0.15) is 0 Å². The number of hydrogen-bond donors (Lipinski definition) is 2. The Kier molecular flexibility index (Phi) is 4.46. The summed E-state index contributed by atoms with van der Waals surface area (Å²) in [4.78, 5) is 37.1. The number of hydrogen-bond acceptors (Lipinski definition) is 3. The number of rotatable bonds is 4. The number of likely N-dealkylation sites (tertiary alicyclic amines) is 1. The summed E-state index contributed by atoms with van der Waals surface area (Å²) < 4.78 is 0. The van der Waals surface area contributed by atoms with E-state index < -0.39 is 0 Å². The van der Waals surface area contributed by atoms with Gasteiger partial charge in [0.05, 0.1) is 12.5 Å². The molecule has 1 saturated heterocycles. The normalized spacial score (nSPS) is 17.1. The quantitative estimate of drug-likeness (QED) is 0.891. The molecule has 0 aliphatic carbocycles. The molecule has 2 aromatic carbocycles. The second kappa shape index (κ2) is 6.70. The molecule has 1 fully saturated rings. The first-order valence-electron chi connectivity index (χ1n) is 7.84. The van der Waals surface area contributed by atoms with Gasteiger partial charge >= 0.3 is 0 Å². The van der Waals surface area contributed by atoms with Gasteiger partial charge in [0.1, 0.15) is 0 Å². The van der Waals surface area contributed by atoms with Gasteiger partial charge in [-0.15, -0.1) is 0 Å². The summed E-state index contributed by atoms with van der Waals surface area (Å²) >= 11 is 0. The van der Waals surface area contributed by atoms with Crippen molar-refractivity contribution >= 4 is 34.2 Å². The first-order chi connectivity index (χ1) is 11.5. The third kappa shape index (κ3) is 3.37. The fourth-order valence-corrected chi connectivity index (χ4v) is 2.88. The van der Waals surface area contributed by atoms with Crippen LogP contribution in [0, 0.1) is 5.92 Å². The Bertz CT molecular complexity index is 798. The maximum absolute atomic E-state index is 12.1. The zero-order valence-electron chi connectivity index (χ0n) is 13.4. The van der Waals surface area contributed by atoms with Crippen LogP contribution in [0.2, 0.25) is 0 Å². The summed E-state index contributed by atoms with van der Waals surface area (Å²) in [5.41, 5.74) is 0.711. The Morgan fingerprint density at radius 2 is 1.92 bits per heavy atom. The lowest BCUT2D eigenvalue weighted by atomic mass is 10.1. The van der Waals surface area contributed by atoms with Crippen LogP contribution >= 0.6 is 0 Å². The predicted octanol–water partition coefficient (Wildman–Crippen LogP) is 1.37. The van der Waals surface area contributed by atoms with Crippen LogP contribution in [0.15, 0.2) is 42.5 Å². The maximum Gasteiger partial charge on any atom is 0.243 e. The van der Waals surface area contributed by atoms with E-state index in [0.717, 1.165) is 10.8 Å². The third-order valence-corrected chi connectivity index (χ3v) is 4.20. The van der Waals surface area contributed by atoms with Crippen LogP contribution < -0.4 is 10.6 Å². The number of fused-ring (bicyclic) bond motifs is 1. The van der Waals surface area contributed by atoms with Gasteiger partial charge < -0.3 is 15.5 Å². The summed E-state index contributed by atoms with van der Waals surface area (Å²) in [6.45, 7) is 0.284. The van der Waals surface area contributed by atoms with Crippen molar-refractivity contribution in [1.29, 1.82) is 0 Å². The van der Waals surface area contributed by atoms with Gasteiger partial charge in [0, 0.05) is 31.1 Å². The van der Waals surface area contributed by atoms with Gasteiger partial charge in [0.25, 0.3) is 0 Å². The summed E-state index contributed by atoms with van der Waals surface area (Å²) in [5, 5.41) is 7.40. The molecule has 124 valence electrons. The lowest BCUT2D eigenvalue weighted by molar-refractivity contribution is -0.128. The molecule has 0 radical (unpaired) electrons. The fourth-order valence-electron chi connectivity index (χ4n) is 2.88. The summed E-state index contributed by atoms with van der Waals surface area (Å²) in [7, 11) is 1.67. The van der Waals surface area contributed by atoms with Crippen molar-refractivity contribution < 1.29 is 14.4 Å². The van der Waals surface area contributed by atoms with E-state index in [1.165, 1.54) is 4.90 Å². The zero-order valence-corrected chi connectivity index (χ0v) is 13.4. The molecule has 3 amide bonds. The van der Waals surface area contributed by atoms with E-state index in [4.69, 9.17) is 0 Å². The summed E-state index contributed by atoms with van der Waals surface area (Å²) in [6, 6.07) is 13.4. The molecule has 0 bridgehead atoms. The summed E-state index contributed by atoms with van der Waals surface area (Å²) in [6.07, 6.45) is 0.202. The molecule has 2 aromatic rings. The van der Waals surface area contributed by atoms with Gasteiger partial charge in [-0.3, -0.25) is 14.4 Å². The lowest BCUT2D eigenvalue weighted by Gasteiger charge is -2.12. The van der Waals surface area contributed by atoms with Crippen LogP contribution in [-0.2, 0) is 14.4 Å². The van der Waals surface area contributed by atoms with Crippen molar-refractivity contribution in [3.05, 3.63) is 42.5 Å². The molecule has 6 nitrogen and oxygen atoms in total. The molecule has 0 spiro atoms. The fraction of sp³-hybridized carbons (Fsp3) is 0.278. The highest BCUT2D eigenvalue weighted by Gasteiger charge is 2.32. The summed E-state index contributed by atoms with van der Waals surface area (Å²) in [5.74, 6) is -0.985. The molecule has 6 heteroatoms. The first-order valence-corrected chi connectivity index (χ1v) is 7.84. The van der Waals surface area contributed by atoms with E-state index >= 15 is 0 Å². The Morgan fingerprint density at radius 1 is 1.17 bits per heavy atom. The van der Waals surface area contributed by atoms with Crippen molar-refractivity contribution in [3.63, 3.8) is 0 Å². The van der Waals surface area contributed by atoms with Gasteiger partial charge in [-0.25, -0.2) is 0 Å². The first kappa shape index (κ1) is 16.0.